The smallest absolute Gasteiger partial charge is 0.347 e. The van der Waals surface area contributed by atoms with Gasteiger partial charge in [0.2, 0.25) is 0 Å². The van der Waals surface area contributed by atoms with Gasteiger partial charge in [-0.05, 0) is 32.0 Å². The number of benzene rings is 1. The zero-order chi connectivity index (χ0) is 16.8. The first-order valence-electron chi connectivity index (χ1n) is 6.89. The first-order chi connectivity index (χ1) is 11.0. The maximum absolute atomic E-state index is 11.9. The van der Waals surface area contributed by atoms with Crippen molar-refractivity contribution in [1.82, 2.24) is 0 Å². The summed E-state index contributed by atoms with van der Waals surface area (Å²) in [5, 5.41) is 2.94. The maximum Gasteiger partial charge on any atom is 0.347 e. The van der Waals surface area contributed by atoms with E-state index in [-0.39, 0.29) is 18.8 Å². The Morgan fingerprint density at radius 3 is 2.35 bits per heavy atom. The van der Waals surface area contributed by atoms with Gasteiger partial charge in [-0.25, -0.2) is 9.59 Å². The van der Waals surface area contributed by atoms with E-state index in [0.29, 0.717) is 0 Å². The third-order valence-electron chi connectivity index (χ3n) is 2.70. The molecule has 0 aliphatic rings. The molecule has 5 nitrogen and oxygen atoms in total. The number of rotatable bonds is 6. The number of fused-ring (bicyclic) bond motifs is 1. The Morgan fingerprint density at radius 2 is 1.74 bits per heavy atom. The van der Waals surface area contributed by atoms with Crippen LogP contribution in [-0.4, -0.2) is 25.2 Å². The van der Waals surface area contributed by atoms with Crippen molar-refractivity contribution in [3.8, 4) is 0 Å². The van der Waals surface area contributed by atoms with E-state index in [1.54, 1.807) is 25.2 Å². The monoisotopic (exact) mass is 369 g/mol. The van der Waals surface area contributed by atoms with Crippen molar-refractivity contribution in [1.29, 1.82) is 0 Å². The molecule has 1 aromatic heterocycles. The van der Waals surface area contributed by atoms with Gasteiger partial charge in [0.05, 0.1) is 13.2 Å². The molecule has 2 rings (SSSR count). The summed E-state index contributed by atoms with van der Waals surface area (Å²) in [4.78, 5) is 23.7. The SMILES string of the molecule is CCOC(=O)C(=CNc1ccc2sc(=S)sc2c1)C(=O)OCC. The highest BCUT2D eigenvalue weighted by molar-refractivity contribution is 7.77. The molecule has 0 atom stereocenters. The standard InChI is InChI=1S/C15H15NO4S3/c1-3-19-13(17)10(14(18)20-4-2)8-16-9-5-6-11-12(7-9)23-15(21)22-11/h5-8,16H,3-4H2,1-2H3. The Balaban J connectivity index is 2.24. The van der Waals surface area contributed by atoms with Crippen molar-refractivity contribution in [3.05, 3.63) is 33.1 Å². The highest BCUT2D eigenvalue weighted by Gasteiger charge is 2.20. The van der Waals surface area contributed by atoms with Crippen molar-refractivity contribution in [2.75, 3.05) is 18.5 Å². The summed E-state index contributed by atoms with van der Waals surface area (Å²) in [6.45, 7) is 3.71. The number of esters is 2. The van der Waals surface area contributed by atoms with E-state index >= 15 is 0 Å². The molecule has 122 valence electrons. The average Bonchev–Trinajstić information content (AvgIpc) is 2.87. The highest BCUT2D eigenvalue weighted by atomic mass is 32.2. The fourth-order valence-electron chi connectivity index (χ4n) is 1.74. The van der Waals surface area contributed by atoms with Crippen molar-refractivity contribution in [2.24, 2.45) is 0 Å². The van der Waals surface area contributed by atoms with E-state index in [0.717, 1.165) is 18.2 Å². The molecule has 2 aromatic rings. The fourth-order valence-corrected chi connectivity index (χ4v) is 4.24. The second kappa shape index (κ2) is 8.19. The fraction of sp³-hybridized carbons (Fsp3) is 0.267. The van der Waals surface area contributed by atoms with Crippen LogP contribution < -0.4 is 5.32 Å². The Hall–Kier alpha value is -1.77. The first-order valence-corrected chi connectivity index (χ1v) is 8.94. The minimum Gasteiger partial charge on any atom is -0.462 e. The Bertz CT molecular complexity index is 786. The van der Waals surface area contributed by atoms with Gasteiger partial charge in [-0.15, -0.1) is 22.7 Å². The lowest BCUT2D eigenvalue weighted by molar-refractivity contribution is -0.146. The van der Waals surface area contributed by atoms with Crippen LogP contribution in [0.5, 0.6) is 0 Å². The largest absolute Gasteiger partial charge is 0.462 e. The number of carbonyl (C=O) groups is 2. The van der Waals surface area contributed by atoms with Crippen LogP contribution in [0.1, 0.15) is 13.8 Å². The van der Waals surface area contributed by atoms with Crippen molar-refractivity contribution < 1.29 is 19.1 Å². The molecule has 1 N–H and O–H groups in total. The molecule has 0 spiro atoms. The maximum atomic E-state index is 11.9. The zero-order valence-corrected chi connectivity index (χ0v) is 15.0. The number of ether oxygens (including phenoxy) is 2. The molecular formula is C15H15NO4S3. The van der Waals surface area contributed by atoms with E-state index in [4.69, 9.17) is 21.7 Å². The Labute approximate surface area is 146 Å². The lowest BCUT2D eigenvalue weighted by atomic mass is 10.2. The Kier molecular flexibility index (Phi) is 6.26. The molecule has 0 unspecified atom stereocenters. The van der Waals surface area contributed by atoms with E-state index < -0.39 is 11.9 Å². The van der Waals surface area contributed by atoms with Gasteiger partial charge in [0, 0.05) is 21.3 Å². The number of nitrogens with one attached hydrogen (secondary N) is 1. The molecule has 0 bridgehead atoms. The topological polar surface area (TPSA) is 64.6 Å². The number of hydrogen-bond acceptors (Lipinski definition) is 8. The number of carbonyl (C=O) groups excluding carboxylic acids is 2. The molecule has 0 amide bonds. The van der Waals surface area contributed by atoms with Gasteiger partial charge in [-0.1, -0.05) is 12.2 Å². The summed E-state index contributed by atoms with van der Waals surface area (Å²) >= 11 is 8.24. The van der Waals surface area contributed by atoms with E-state index in [1.165, 1.54) is 17.5 Å². The molecule has 8 heteroatoms. The molecule has 0 aliphatic heterocycles. The molecular weight excluding hydrogens is 354 g/mol. The van der Waals surface area contributed by atoms with Crippen LogP contribution in [0, 0.1) is 3.14 Å². The molecule has 0 saturated heterocycles. The molecule has 1 heterocycles. The van der Waals surface area contributed by atoms with Crippen molar-refractivity contribution >= 4 is 61.9 Å². The van der Waals surface area contributed by atoms with E-state index in [1.807, 2.05) is 18.2 Å². The van der Waals surface area contributed by atoms with Gasteiger partial charge in [0.25, 0.3) is 0 Å². The zero-order valence-electron chi connectivity index (χ0n) is 12.6. The number of hydrogen-bond donors (Lipinski definition) is 1. The van der Waals surface area contributed by atoms with Crippen LogP contribution in [0.4, 0.5) is 5.69 Å². The molecule has 0 aliphatic carbocycles. The summed E-state index contributed by atoms with van der Waals surface area (Å²) in [6.07, 6.45) is 1.31. The van der Waals surface area contributed by atoms with Crippen LogP contribution in [0.25, 0.3) is 9.40 Å². The summed E-state index contributed by atoms with van der Waals surface area (Å²) < 4.78 is 12.8. The molecule has 0 radical (unpaired) electrons. The van der Waals surface area contributed by atoms with Crippen LogP contribution in [0.3, 0.4) is 0 Å². The predicted molar refractivity (Wildman–Crippen MR) is 95.5 cm³/mol. The summed E-state index contributed by atoms with van der Waals surface area (Å²) in [5.74, 6) is -1.43. The summed E-state index contributed by atoms with van der Waals surface area (Å²) in [5.41, 5.74) is 0.569. The third kappa shape index (κ3) is 4.60. The minimum absolute atomic E-state index is 0.174. The van der Waals surface area contributed by atoms with E-state index in [9.17, 15) is 9.59 Å². The van der Waals surface area contributed by atoms with Crippen molar-refractivity contribution in [3.63, 3.8) is 0 Å². The Morgan fingerprint density at radius 1 is 1.13 bits per heavy atom. The quantitative estimate of drug-likeness (QED) is 0.272. The second-order valence-corrected chi connectivity index (χ2v) is 7.55. The second-order valence-electron chi connectivity index (χ2n) is 4.26. The first kappa shape index (κ1) is 17.6. The van der Waals surface area contributed by atoms with Crippen LogP contribution in [0.15, 0.2) is 30.0 Å². The average molecular weight is 369 g/mol. The molecule has 23 heavy (non-hydrogen) atoms. The summed E-state index contributed by atoms with van der Waals surface area (Å²) in [7, 11) is 0. The lowest BCUT2D eigenvalue weighted by Gasteiger charge is -2.07. The van der Waals surface area contributed by atoms with Gasteiger partial charge < -0.3 is 14.8 Å². The van der Waals surface area contributed by atoms with Crippen LogP contribution in [0.2, 0.25) is 0 Å². The van der Waals surface area contributed by atoms with Crippen molar-refractivity contribution in [2.45, 2.75) is 13.8 Å². The molecule has 0 saturated carbocycles. The van der Waals surface area contributed by atoms with Gasteiger partial charge in [0.15, 0.2) is 5.57 Å². The normalized spacial score (nSPS) is 10.2. The van der Waals surface area contributed by atoms with Gasteiger partial charge in [-0.3, -0.25) is 0 Å². The number of anilines is 1. The van der Waals surface area contributed by atoms with E-state index in [2.05, 4.69) is 5.32 Å². The van der Waals surface area contributed by atoms with Gasteiger partial charge in [-0.2, -0.15) is 0 Å². The third-order valence-corrected chi connectivity index (χ3v) is 5.30. The lowest BCUT2D eigenvalue weighted by Crippen LogP contribution is -2.19. The minimum atomic E-state index is -0.717. The van der Waals surface area contributed by atoms with Crippen LogP contribution >= 0.6 is 34.9 Å². The summed E-state index contributed by atoms with van der Waals surface area (Å²) in [6, 6.07) is 5.71. The van der Waals surface area contributed by atoms with Gasteiger partial charge >= 0.3 is 11.9 Å². The predicted octanol–water partition coefficient (Wildman–Crippen LogP) is 4.11. The highest BCUT2D eigenvalue weighted by Crippen LogP contribution is 2.30. The molecule has 0 fully saturated rings. The van der Waals surface area contributed by atoms with Crippen LogP contribution in [-0.2, 0) is 19.1 Å². The van der Waals surface area contributed by atoms with Gasteiger partial charge in [0.1, 0.15) is 3.14 Å². The molecule has 1 aromatic carbocycles.